The Balaban J connectivity index is 1.57. The van der Waals surface area contributed by atoms with Gasteiger partial charge in [0, 0.05) is 30.3 Å². The lowest BCUT2D eigenvalue weighted by Crippen LogP contribution is -2.54. The van der Waals surface area contributed by atoms with Crippen molar-refractivity contribution >= 4 is 17.5 Å². The summed E-state index contributed by atoms with van der Waals surface area (Å²) < 4.78 is 5.50. The van der Waals surface area contributed by atoms with Gasteiger partial charge in [-0.05, 0) is 54.6 Å². The number of rotatable bonds is 0. The Hall–Kier alpha value is -1.71. The van der Waals surface area contributed by atoms with Crippen LogP contribution in [0.1, 0.15) is 52.4 Å². The lowest BCUT2D eigenvalue weighted by atomic mass is 9.47. The normalized spacial score (nSPS) is 48.0. The van der Waals surface area contributed by atoms with Crippen LogP contribution in [0.25, 0.3) is 0 Å². The van der Waals surface area contributed by atoms with Crippen molar-refractivity contribution in [2.24, 2.45) is 28.6 Å². The average molecular weight is 340 g/mol. The summed E-state index contributed by atoms with van der Waals surface area (Å²) in [5, 5.41) is 0. The molecule has 4 heteroatoms. The molecule has 25 heavy (non-hydrogen) atoms. The van der Waals surface area contributed by atoms with Gasteiger partial charge in [-0.3, -0.25) is 9.59 Å². The maximum absolute atomic E-state index is 13.3. The Morgan fingerprint density at radius 3 is 2.68 bits per heavy atom. The summed E-state index contributed by atoms with van der Waals surface area (Å²) in [5.41, 5.74) is 1.88. The van der Waals surface area contributed by atoms with E-state index in [2.05, 4.69) is 13.8 Å². The van der Waals surface area contributed by atoms with E-state index in [0.29, 0.717) is 30.5 Å². The fourth-order valence-electron chi connectivity index (χ4n) is 6.90. The van der Waals surface area contributed by atoms with Crippen molar-refractivity contribution < 1.29 is 19.1 Å². The summed E-state index contributed by atoms with van der Waals surface area (Å²) in [5.74, 6) is 1.05. The Morgan fingerprint density at radius 2 is 1.88 bits per heavy atom. The largest absolute Gasteiger partial charge is 0.455 e. The average Bonchev–Trinajstić information content (AvgIpc) is 3.03. The second kappa shape index (κ2) is 4.72. The van der Waals surface area contributed by atoms with Crippen LogP contribution in [0.2, 0.25) is 0 Å². The second-order valence-corrected chi connectivity index (χ2v) is 9.16. The SMILES string of the molecule is CC12CC(=O)C3C(CCC4=CC(=O)CCC43C)C1CC1OC(=O)C=C12. The van der Waals surface area contributed by atoms with E-state index in [1.54, 1.807) is 6.08 Å². The number of hydrogen-bond donors (Lipinski definition) is 0. The molecule has 4 aliphatic carbocycles. The quantitative estimate of drug-likeness (QED) is 0.636. The highest BCUT2D eigenvalue weighted by molar-refractivity contribution is 5.93. The van der Waals surface area contributed by atoms with Crippen molar-refractivity contribution in [3.63, 3.8) is 0 Å². The van der Waals surface area contributed by atoms with E-state index in [4.69, 9.17) is 4.74 Å². The minimum Gasteiger partial charge on any atom is -0.455 e. The molecule has 1 heterocycles. The van der Waals surface area contributed by atoms with Crippen LogP contribution in [0.5, 0.6) is 0 Å². The third-order valence-electron chi connectivity index (χ3n) is 8.05. The molecule has 3 saturated carbocycles. The van der Waals surface area contributed by atoms with Crippen molar-refractivity contribution in [3.8, 4) is 0 Å². The van der Waals surface area contributed by atoms with Gasteiger partial charge >= 0.3 is 5.97 Å². The second-order valence-electron chi connectivity index (χ2n) is 9.16. The van der Waals surface area contributed by atoms with E-state index in [-0.39, 0.29) is 34.6 Å². The number of carbonyl (C=O) groups is 3. The third-order valence-corrected chi connectivity index (χ3v) is 8.05. The number of ketones is 2. The van der Waals surface area contributed by atoms with Crippen LogP contribution in [0.15, 0.2) is 23.3 Å². The number of hydrogen-bond acceptors (Lipinski definition) is 4. The summed E-state index contributed by atoms with van der Waals surface area (Å²) in [6.45, 7) is 4.37. The molecule has 0 saturated heterocycles. The van der Waals surface area contributed by atoms with Crippen molar-refractivity contribution in [1.29, 1.82) is 0 Å². The minimum atomic E-state index is -0.249. The van der Waals surface area contributed by atoms with E-state index in [9.17, 15) is 14.4 Å². The number of carbonyl (C=O) groups excluding carboxylic acids is 3. The zero-order chi connectivity index (χ0) is 17.6. The van der Waals surface area contributed by atoms with Crippen molar-refractivity contribution in [3.05, 3.63) is 23.3 Å². The van der Waals surface area contributed by atoms with Gasteiger partial charge < -0.3 is 4.74 Å². The highest BCUT2D eigenvalue weighted by Crippen LogP contribution is 2.66. The number of fused-ring (bicyclic) bond motifs is 7. The van der Waals surface area contributed by atoms with Crippen LogP contribution in [0.3, 0.4) is 0 Å². The maximum Gasteiger partial charge on any atom is 0.331 e. The number of allylic oxidation sites excluding steroid dienone is 1. The molecule has 0 N–H and O–H groups in total. The van der Waals surface area contributed by atoms with Gasteiger partial charge in [-0.25, -0.2) is 4.79 Å². The van der Waals surface area contributed by atoms with Gasteiger partial charge in [0.05, 0.1) is 0 Å². The molecule has 3 fully saturated rings. The molecule has 0 aromatic carbocycles. The van der Waals surface area contributed by atoms with Crippen LogP contribution >= 0.6 is 0 Å². The van der Waals surface area contributed by atoms with Gasteiger partial charge in [-0.15, -0.1) is 0 Å². The van der Waals surface area contributed by atoms with Gasteiger partial charge in [0.25, 0.3) is 0 Å². The van der Waals surface area contributed by atoms with Gasteiger partial charge in [0.2, 0.25) is 0 Å². The summed E-state index contributed by atoms with van der Waals surface area (Å²) >= 11 is 0. The molecule has 0 spiro atoms. The minimum absolute atomic E-state index is 0.0220. The van der Waals surface area contributed by atoms with Gasteiger partial charge in [0.15, 0.2) is 5.78 Å². The molecule has 0 aromatic heterocycles. The monoisotopic (exact) mass is 340 g/mol. The standard InChI is InChI=1S/C21H24O4/c1-20-6-5-12(22)7-11(20)3-4-13-14-8-17-15(9-18(24)25-17)21(14,2)10-16(23)19(13)20/h7,9,13-14,17,19H,3-6,8,10H2,1-2H3. The first kappa shape index (κ1) is 15.5. The Kier molecular flexibility index (Phi) is 2.93. The number of Topliss-reactive ketones (excluding diaryl/α,β-unsaturated/α-hetero) is 1. The molecule has 5 aliphatic rings. The maximum atomic E-state index is 13.3. The highest BCUT2D eigenvalue weighted by Gasteiger charge is 2.64. The van der Waals surface area contributed by atoms with Gasteiger partial charge in [-0.2, -0.15) is 0 Å². The van der Waals surface area contributed by atoms with Crippen LogP contribution in [-0.4, -0.2) is 23.6 Å². The zero-order valence-corrected chi connectivity index (χ0v) is 14.8. The first-order chi connectivity index (χ1) is 11.8. The molecule has 0 radical (unpaired) electrons. The highest BCUT2D eigenvalue weighted by atomic mass is 16.5. The molecule has 6 unspecified atom stereocenters. The zero-order valence-electron chi connectivity index (χ0n) is 14.8. The molecule has 132 valence electrons. The molecule has 5 rings (SSSR count). The van der Waals surface area contributed by atoms with Crippen molar-refractivity contribution in [1.82, 2.24) is 0 Å². The number of ether oxygens (including phenoxy) is 1. The van der Waals surface area contributed by atoms with Crippen LogP contribution < -0.4 is 0 Å². The molecule has 1 aliphatic heterocycles. The third kappa shape index (κ3) is 1.86. The summed E-state index contributed by atoms with van der Waals surface area (Å²) in [4.78, 5) is 36.9. The molecule has 4 nitrogen and oxygen atoms in total. The lowest BCUT2D eigenvalue weighted by molar-refractivity contribution is -0.144. The molecular weight excluding hydrogens is 316 g/mol. The predicted molar refractivity (Wildman–Crippen MR) is 90.4 cm³/mol. The summed E-state index contributed by atoms with van der Waals surface area (Å²) in [6, 6.07) is 0. The Morgan fingerprint density at radius 1 is 1.08 bits per heavy atom. The predicted octanol–water partition coefficient (Wildman–Crippen LogP) is 3.16. The molecule has 0 bridgehead atoms. The topological polar surface area (TPSA) is 60.4 Å². The van der Waals surface area contributed by atoms with E-state index >= 15 is 0 Å². The smallest absolute Gasteiger partial charge is 0.331 e. The fourth-order valence-corrected chi connectivity index (χ4v) is 6.90. The molecule has 6 atom stereocenters. The Labute approximate surface area is 147 Å². The number of esters is 1. The molecular formula is C21H24O4. The lowest BCUT2D eigenvalue weighted by Gasteiger charge is -2.56. The van der Waals surface area contributed by atoms with Crippen LogP contribution in [-0.2, 0) is 19.1 Å². The van der Waals surface area contributed by atoms with Crippen LogP contribution in [0, 0.1) is 28.6 Å². The first-order valence-corrected chi connectivity index (χ1v) is 9.52. The van der Waals surface area contributed by atoms with Gasteiger partial charge in [0.1, 0.15) is 11.9 Å². The van der Waals surface area contributed by atoms with E-state index in [0.717, 1.165) is 31.3 Å². The van der Waals surface area contributed by atoms with E-state index in [1.807, 2.05) is 6.08 Å². The molecule has 0 aromatic rings. The van der Waals surface area contributed by atoms with Crippen molar-refractivity contribution in [2.45, 2.75) is 58.5 Å². The molecule has 0 amide bonds. The Bertz CT molecular complexity index is 775. The van der Waals surface area contributed by atoms with Crippen LogP contribution in [0.4, 0.5) is 0 Å². The summed E-state index contributed by atoms with van der Waals surface area (Å²) in [7, 11) is 0. The summed E-state index contributed by atoms with van der Waals surface area (Å²) in [6.07, 6.45) is 7.98. The van der Waals surface area contributed by atoms with Crippen molar-refractivity contribution in [2.75, 3.05) is 0 Å². The fraction of sp³-hybridized carbons (Fsp3) is 0.667. The van der Waals surface area contributed by atoms with Gasteiger partial charge in [-0.1, -0.05) is 19.4 Å². The first-order valence-electron chi connectivity index (χ1n) is 9.52. The van der Waals surface area contributed by atoms with E-state index < -0.39 is 0 Å². The van der Waals surface area contributed by atoms with E-state index in [1.165, 1.54) is 5.57 Å².